The summed E-state index contributed by atoms with van der Waals surface area (Å²) in [6, 6.07) is 0. The number of allylic oxidation sites excluding steroid dienone is 2. The van der Waals surface area contributed by atoms with E-state index >= 15 is 0 Å². The van der Waals surface area contributed by atoms with Crippen LogP contribution in [0.2, 0.25) is 0 Å². The zero-order valence-electron chi connectivity index (χ0n) is 6.75. The first-order chi connectivity index (χ1) is 5.38. The van der Waals surface area contributed by atoms with E-state index in [1.165, 1.54) is 47.3 Å². The lowest BCUT2D eigenvalue weighted by molar-refractivity contribution is 0.666. The van der Waals surface area contributed by atoms with Gasteiger partial charge in [-0.3, -0.25) is 0 Å². The minimum absolute atomic E-state index is 0.899. The molecule has 0 unspecified atom stereocenters. The van der Waals surface area contributed by atoms with Crippen LogP contribution in [0.1, 0.15) is 32.6 Å². The van der Waals surface area contributed by atoms with Crippen molar-refractivity contribution in [1.82, 2.24) is 5.09 Å². The molecule has 0 aromatic rings. The molecule has 1 fully saturated rings. The van der Waals surface area contributed by atoms with E-state index in [2.05, 4.69) is 12.0 Å². The van der Waals surface area contributed by atoms with E-state index in [-0.39, 0.29) is 0 Å². The van der Waals surface area contributed by atoms with Gasteiger partial charge in [0, 0.05) is 5.31 Å². The van der Waals surface area contributed by atoms with Crippen LogP contribution >= 0.6 is 15.9 Å². The van der Waals surface area contributed by atoms with Gasteiger partial charge in [-0.1, -0.05) is 12.8 Å². The molecule has 0 atom stereocenters. The summed E-state index contributed by atoms with van der Waals surface area (Å²) in [5.74, 6) is 0.899. The molecule has 0 aromatic heterocycles. The Morgan fingerprint density at radius 2 is 2.09 bits per heavy atom. The van der Waals surface area contributed by atoms with Gasteiger partial charge >= 0.3 is 0 Å². The second kappa shape index (κ2) is 3.25. The Bertz CT molecular complexity index is 214. The fourth-order valence-corrected chi connectivity index (χ4v) is 4.67. The predicted molar refractivity (Wildman–Crippen MR) is 50.6 cm³/mol. The minimum atomic E-state index is 0.899. The minimum Gasteiger partial charge on any atom is -0.227 e. The molecule has 0 aromatic carbocycles. The van der Waals surface area contributed by atoms with Crippen LogP contribution in [0.3, 0.4) is 0 Å². The average molecular weight is 184 g/mol. The average Bonchev–Trinajstić information content (AvgIpc) is 2.55. The maximum Gasteiger partial charge on any atom is 0.0699 e. The summed E-state index contributed by atoms with van der Waals surface area (Å²) >= 11 is 0. The highest BCUT2D eigenvalue weighted by molar-refractivity contribution is 7.85. The van der Waals surface area contributed by atoms with E-state index < -0.39 is 0 Å². The van der Waals surface area contributed by atoms with Gasteiger partial charge in [0.25, 0.3) is 0 Å². The third kappa shape index (κ3) is 1.50. The van der Waals surface area contributed by atoms with Crippen LogP contribution in [0.15, 0.2) is 11.0 Å². The zero-order chi connectivity index (χ0) is 7.68. The molecule has 1 saturated carbocycles. The molecular weight excluding hydrogens is 172 g/mol. The lowest BCUT2D eigenvalue weighted by Gasteiger charge is -2.07. The van der Waals surface area contributed by atoms with Gasteiger partial charge in [-0.15, -0.1) is 0 Å². The topological polar surface area (TPSA) is 14.1 Å². The summed E-state index contributed by atoms with van der Waals surface area (Å²) in [5.41, 5.74) is 1.33. The lowest BCUT2D eigenvalue weighted by Crippen LogP contribution is -1.96. The number of hydrogen-bond acceptors (Lipinski definition) is 0. The van der Waals surface area contributed by atoms with Crippen LogP contribution in [-0.4, -0.2) is 0 Å². The fraction of sp³-hybridized carbons (Fsp3) is 0.750. The Morgan fingerprint density at radius 3 is 2.64 bits per heavy atom. The molecule has 1 aliphatic heterocycles. The molecule has 1 aliphatic carbocycles. The SMILES string of the molecule is CC1=C(C2CCCC2)P=P[N]1. The van der Waals surface area contributed by atoms with Crippen molar-refractivity contribution in [3.05, 3.63) is 11.0 Å². The van der Waals surface area contributed by atoms with E-state index in [1.54, 1.807) is 5.31 Å². The van der Waals surface area contributed by atoms with Gasteiger partial charge in [-0.05, 0) is 33.6 Å². The third-order valence-electron chi connectivity index (χ3n) is 2.46. The molecule has 0 spiro atoms. The van der Waals surface area contributed by atoms with Crippen molar-refractivity contribution in [2.45, 2.75) is 32.6 Å². The fourth-order valence-electron chi connectivity index (χ4n) is 1.84. The van der Waals surface area contributed by atoms with Gasteiger partial charge < -0.3 is 0 Å². The van der Waals surface area contributed by atoms with Crippen LogP contribution in [0, 0.1) is 5.92 Å². The van der Waals surface area contributed by atoms with Crippen molar-refractivity contribution < 1.29 is 0 Å². The third-order valence-corrected chi connectivity index (χ3v) is 5.03. The molecule has 1 radical (unpaired) electrons. The van der Waals surface area contributed by atoms with Gasteiger partial charge in [0.15, 0.2) is 0 Å². The predicted octanol–water partition coefficient (Wildman–Crippen LogP) is 3.75. The van der Waals surface area contributed by atoms with Crippen molar-refractivity contribution in [3.8, 4) is 0 Å². The molecule has 11 heavy (non-hydrogen) atoms. The molecule has 0 N–H and O–H groups in total. The van der Waals surface area contributed by atoms with Crippen molar-refractivity contribution in [2.75, 3.05) is 0 Å². The Labute approximate surface area is 71.1 Å². The molecule has 2 aliphatic rings. The molecule has 0 bridgehead atoms. The van der Waals surface area contributed by atoms with Crippen LogP contribution in [0.25, 0.3) is 0 Å². The Morgan fingerprint density at radius 1 is 1.36 bits per heavy atom. The molecular formula is C8H12NP2. The second-order valence-corrected chi connectivity index (χ2v) is 5.44. The van der Waals surface area contributed by atoms with Gasteiger partial charge in [0.1, 0.15) is 0 Å². The Balaban J connectivity index is 2.13. The van der Waals surface area contributed by atoms with E-state index in [0.29, 0.717) is 0 Å². The molecule has 0 amide bonds. The summed E-state index contributed by atoms with van der Waals surface area (Å²) in [6.45, 7) is 2.17. The molecule has 3 heteroatoms. The maximum absolute atomic E-state index is 4.40. The number of hydrogen-bond donors (Lipinski definition) is 0. The van der Waals surface area contributed by atoms with Crippen molar-refractivity contribution >= 4 is 15.9 Å². The monoisotopic (exact) mass is 184 g/mol. The van der Waals surface area contributed by atoms with E-state index in [9.17, 15) is 0 Å². The van der Waals surface area contributed by atoms with Crippen LogP contribution in [0.5, 0.6) is 0 Å². The summed E-state index contributed by atoms with van der Waals surface area (Å²) in [7, 11) is 2.73. The summed E-state index contributed by atoms with van der Waals surface area (Å²) in [6.07, 6.45) is 5.72. The number of rotatable bonds is 1. The Hall–Kier alpha value is 0.140. The normalized spacial score (nSPS) is 27.7. The highest BCUT2D eigenvalue weighted by Gasteiger charge is 2.22. The molecule has 1 heterocycles. The van der Waals surface area contributed by atoms with E-state index in [1.807, 2.05) is 0 Å². The largest absolute Gasteiger partial charge is 0.227 e. The van der Waals surface area contributed by atoms with Crippen molar-refractivity contribution in [2.24, 2.45) is 5.92 Å². The Kier molecular flexibility index (Phi) is 2.30. The summed E-state index contributed by atoms with van der Waals surface area (Å²) in [4.78, 5) is 0. The van der Waals surface area contributed by atoms with Gasteiger partial charge in [0.05, 0.1) is 13.7 Å². The van der Waals surface area contributed by atoms with Gasteiger partial charge in [-0.25, -0.2) is 5.09 Å². The highest BCUT2D eigenvalue weighted by atomic mass is 31.7. The zero-order valence-corrected chi connectivity index (χ0v) is 8.54. The molecule has 59 valence electrons. The quantitative estimate of drug-likeness (QED) is 0.551. The van der Waals surface area contributed by atoms with E-state index in [0.717, 1.165) is 5.92 Å². The van der Waals surface area contributed by atoms with Crippen molar-refractivity contribution in [3.63, 3.8) is 0 Å². The second-order valence-electron chi connectivity index (χ2n) is 3.24. The highest BCUT2D eigenvalue weighted by Crippen LogP contribution is 2.45. The van der Waals surface area contributed by atoms with Crippen molar-refractivity contribution in [1.29, 1.82) is 0 Å². The lowest BCUT2D eigenvalue weighted by atomic mass is 10.1. The van der Waals surface area contributed by atoms with Gasteiger partial charge in [-0.2, -0.15) is 0 Å². The van der Waals surface area contributed by atoms with Gasteiger partial charge in [0.2, 0.25) is 0 Å². The molecule has 0 saturated heterocycles. The first kappa shape index (κ1) is 7.77. The maximum atomic E-state index is 4.40. The summed E-state index contributed by atoms with van der Waals surface area (Å²) in [5, 5.41) is 6.04. The smallest absolute Gasteiger partial charge is 0.0699 e. The summed E-state index contributed by atoms with van der Waals surface area (Å²) < 4.78 is 0. The standard InChI is InChI=1S/C8H12NP2/c1-6-8(10-11-9-6)7-4-2-3-5-7/h7H,2-5H2,1H3. The van der Waals surface area contributed by atoms with E-state index in [4.69, 9.17) is 0 Å². The number of nitrogens with zero attached hydrogens (tertiary/aromatic N) is 1. The first-order valence-corrected chi connectivity index (χ1v) is 6.65. The molecule has 2 rings (SSSR count). The van der Waals surface area contributed by atoms with Crippen LogP contribution < -0.4 is 5.09 Å². The van der Waals surface area contributed by atoms with Crippen LogP contribution in [-0.2, 0) is 0 Å². The van der Waals surface area contributed by atoms with Crippen LogP contribution in [0.4, 0.5) is 0 Å². The molecule has 1 nitrogen and oxygen atoms in total. The first-order valence-electron chi connectivity index (χ1n) is 4.20.